The van der Waals surface area contributed by atoms with Crippen LogP contribution in [-0.2, 0) is 102 Å². The topological polar surface area (TPSA) is 331 Å². The predicted octanol–water partition coefficient (Wildman–Crippen LogP) is 3.59. The van der Waals surface area contributed by atoms with Crippen molar-refractivity contribution in [1.82, 2.24) is 5.32 Å². The van der Waals surface area contributed by atoms with Gasteiger partial charge in [0.2, 0.25) is 25.5 Å². The van der Waals surface area contributed by atoms with E-state index < -0.39 is 101 Å². The first-order valence-electron chi connectivity index (χ1n) is 22.6. The molecule has 73 heavy (non-hydrogen) atoms. The first-order chi connectivity index (χ1) is 35.4. The van der Waals surface area contributed by atoms with Crippen molar-refractivity contribution < 1.29 is 102 Å². The summed E-state index contributed by atoms with van der Waals surface area (Å²) in [5.41, 5.74) is -2.30. The van der Waals surface area contributed by atoms with Gasteiger partial charge >= 0.3 is 23.5 Å². The third-order valence-electron chi connectivity index (χ3n) is 7.92. The molecule has 1 amide bonds. The second-order valence-corrected chi connectivity index (χ2v) is 18.7. The highest BCUT2D eigenvalue weighted by Crippen LogP contribution is 2.54. The average molecular weight is 1100 g/mol. The normalized spacial score (nSPS) is 14.4. The van der Waals surface area contributed by atoms with Crippen LogP contribution in [0.2, 0.25) is 0 Å². The highest BCUT2D eigenvalue weighted by Gasteiger charge is 2.44. The Balaban J connectivity index is 5.67. The van der Waals surface area contributed by atoms with Crippen LogP contribution in [0, 0.1) is 53.7 Å². The molecule has 0 aromatic carbocycles. The smallest absolute Gasteiger partial charge is 0.382 e. The number of methoxy groups -OCH3 is 1. The lowest BCUT2D eigenvalue weighted by molar-refractivity contribution is -0.130. The molecule has 29 nitrogen and oxygen atoms in total. The van der Waals surface area contributed by atoms with Crippen molar-refractivity contribution in [2.24, 2.45) is 0 Å². The Morgan fingerprint density at radius 2 is 0.685 bits per heavy atom. The minimum Gasteiger partial charge on any atom is -0.382 e. The van der Waals surface area contributed by atoms with Crippen LogP contribution in [0.15, 0.2) is 0 Å². The summed E-state index contributed by atoms with van der Waals surface area (Å²) in [4.78, 5) is 23.0. The fraction of sp³-hybridized carbons (Fsp3) is 0.829. The molecule has 0 spiro atoms. The highest BCUT2D eigenvalue weighted by atomic mass is 31.2. The lowest BCUT2D eigenvalue weighted by Gasteiger charge is -2.36. The van der Waals surface area contributed by atoms with Gasteiger partial charge in [-0.05, 0) is 0 Å². The molecule has 0 heterocycles. The van der Waals surface area contributed by atoms with E-state index in [2.05, 4.69) is 19.9 Å². The number of rotatable bonds is 54. The van der Waals surface area contributed by atoms with E-state index in [1.54, 1.807) is 25.3 Å². The Hall–Kier alpha value is -3.62. The van der Waals surface area contributed by atoms with Crippen molar-refractivity contribution in [3.05, 3.63) is 34.3 Å². The molecule has 3 atom stereocenters. The summed E-state index contributed by atoms with van der Waals surface area (Å²) in [6, 6.07) is 5.35. The van der Waals surface area contributed by atoms with Crippen LogP contribution in [0.4, 0.5) is 0 Å². The Morgan fingerprint density at radius 1 is 0.425 bits per heavy atom. The highest BCUT2D eigenvalue weighted by molar-refractivity contribution is 7.49. The number of phosphoric acid groups is 3. The van der Waals surface area contributed by atoms with E-state index in [1.807, 2.05) is 0 Å². The quantitative estimate of drug-likeness (QED) is 0.0516. The van der Waals surface area contributed by atoms with Gasteiger partial charge in [-0.1, -0.05) is 0 Å². The van der Waals surface area contributed by atoms with Gasteiger partial charge in [0.25, 0.3) is 0 Å². The van der Waals surface area contributed by atoms with Crippen LogP contribution in [0.25, 0.3) is 14.5 Å². The first kappa shape index (κ1) is 69.4. The summed E-state index contributed by atoms with van der Waals surface area (Å²) in [6.07, 6.45) is -0.852. The van der Waals surface area contributed by atoms with Crippen molar-refractivity contribution >= 4 is 29.4 Å². The van der Waals surface area contributed by atoms with E-state index in [0.717, 1.165) is 0 Å². The molecule has 0 fully saturated rings. The maximum Gasteiger partial charge on any atom is 0.475 e. The number of hydrogen-bond acceptors (Lipinski definition) is 25. The van der Waals surface area contributed by atoms with Gasteiger partial charge in [0.05, 0.1) is 183 Å². The van der Waals surface area contributed by atoms with E-state index in [4.69, 9.17) is 119 Å². The van der Waals surface area contributed by atoms with Crippen LogP contribution in [-0.4, -0.2) is 210 Å². The molecule has 0 aliphatic heterocycles. The van der Waals surface area contributed by atoms with Crippen LogP contribution < -0.4 is 5.32 Å². The van der Waals surface area contributed by atoms with Gasteiger partial charge < -0.3 is 62.5 Å². The van der Waals surface area contributed by atoms with Gasteiger partial charge in [0, 0.05) is 7.11 Å². The van der Waals surface area contributed by atoms with Gasteiger partial charge in [0.15, 0.2) is 0 Å². The molecule has 0 aliphatic rings. The Morgan fingerprint density at radius 3 is 0.945 bits per heavy atom. The molecule has 0 aromatic rings. The van der Waals surface area contributed by atoms with Crippen LogP contribution in [0.5, 0.6) is 0 Å². The summed E-state index contributed by atoms with van der Waals surface area (Å²) in [5.74, 6) is -0.965. The molecular weight excluding hydrogens is 1040 g/mol. The molecular formula is C41H68N7O22P3. The molecule has 0 aliphatic carbocycles. The fourth-order valence-corrected chi connectivity index (χ4v) is 8.31. The molecule has 0 aromatic heterocycles. The second kappa shape index (κ2) is 48.1. The fourth-order valence-electron chi connectivity index (χ4n) is 4.56. The number of ether oxygens (including phenoxy) is 9. The lowest BCUT2D eigenvalue weighted by Crippen LogP contribution is -2.59. The molecule has 0 rings (SSSR count). The third-order valence-corrected chi connectivity index (χ3v) is 12.2. The molecule has 32 heteroatoms. The number of hydrogen-bond donors (Lipinski definition) is 1. The van der Waals surface area contributed by atoms with E-state index in [1.165, 1.54) is 0 Å². The minimum absolute atomic E-state index is 0.00740. The number of carbonyl (C=O) groups is 1. The molecule has 0 radical (unpaired) electrons. The summed E-state index contributed by atoms with van der Waals surface area (Å²) < 4.78 is 138. The summed E-state index contributed by atoms with van der Waals surface area (Å²) >= 11 is 0. The number of nitrogens with one attached hydrogen (secondary N) is 1. The molecule has 0 saturated carbocycles. The van der Waals surface area contributed by atoms with E-state index in [9.17, 15) is 18.5 Å². The van der Waals surface area contributed by atoms with Gasteiger partial charge in [-0.15, -0.1) is 0 Å². The lowest BCUT2D eigenvalue weighted by atomic mass is 10.0. The second-order valence-electron chi connectivity index (χ2n) is 13.7. The van der Waals surface area contributed by atoms with Crippen molar-refractivity contribution in [1.29, 1.82) is 15.8 Å². The maximum atomic E-state index is 13.8. The Labute approximate surface area is 427 Å². The molecule has 3 unspecified atom stereocenters. The van der Waals surface area contributed by atoms with E-state index in [-0.39, 0.29) is 71.9 Å². The molecule has 414 valence electrons. The standard InChI is InChI=1S/C41H68N7O22P3/c1-45-11-17-65-71(50,62-14-5-8-42)68-37-41(38-69-72(51,63-15-6-9-43)66-18-12-46-2,39-70-73(52,64-16-7-10-44)67-19-13-47-3)48-40(49)36-61-35-34-60-33-32-59-31-30-58-29-28-57-27-26-56-25-24-55-23-22-54-21-20-53-4/h5-7,11-39H2,4H3,(H,48,49). The van der Waals surface area contributed by atoms with E-state index in [0.29, 0.717) is 72.7 Å². The van der Waals surface area contributed by atoms with Crippen molar-refractivity contribution in [2.45, 2.75) is 24.8 Å². The zero-order valence-corrected chi connectivity index (χ0v) is 43.8. The summed E-state index contributed by atoms with van der Waals surface area (Å²) in [5, 5.41) is 29.6. The number of nitriles is 3. The number of nitrogens with zero attached hydrogens (tertiary/aromatic N) is 6. The van der Waals surface area contributed by atoms with Crippen molar-refractivity contribution in [2.75, 3.05) is 199 Å². The van der Waals surface area contributed by atoms with E-state index >= 15 is 0 Å². The van der Waals surface area contributed by atoms with Gasteiger partial charge in [-0.2, -0.15) is 15.8 Å². The maximum absolute atomic E-state index is 13.8. The Kier molecular flexibility index (Phi) is 45.7. The van der Waals surface area contributed by atoms with Crippen molar-refractivity contribution in [3.63, 3.8) is 0 Å². The molecule has 1 N–H and O–H groups in total. The third kappa shape index (κ3) is 41.3. The van der Waals surface area contributed by atoms with Crippen molar-refractivity contribution in [3.8, 4) is 18.2 Å². The SMILES string of the molecule is [C-]#[N+]CCOP(=O)(OCCC#N)OCC(COP(=O)(OCCC#N)OCC[N+]#[C-])(COP(=O)(OCCC#N)OCC[N+]#[C-])NC(=O)COCCOCCOCCOCCOCCOCCOCCOCCOC. The number of carbonyl (C=O) groups excluding carboxylic acids is 1. The molecule has 0 saturated heterocycles. The summed E-state index contributed by atoms with van der Waals surface area (Å²) in [6.45, 7) is 18.9. The van der Waals surface area contributed by atoms with Crippen LogP contribution in [0.3, 0.4) is 0 Å². The Bertz CT molecular complexity index is 1620. The number of phosphoric ester groups is 3. The number of amides is 1. The monoisotopic (exact) mass is 1100 g/mol. The minimum atomic E-state index is -4.74. The predicted molar refractivity (Wildman–Crippen MR) is 251 cm³/mol. The van der Waals surface area contributed by atoms with Crippen LogP contribution >= 0.6 is 23.5 Å². The first-order valence-corrected chi connectivity index (χ1v) is 27.0. The molecule has 0 bridgehead atoms. The van der Waals surface area contributed by atoms with Gasteiger partial charge in [-0.3, -0.25) is 45.5 Å². The largest absolute Gasteiger partial charge is 0.475 e. The van der Waals surface area contributed by atoms with Gasteiger partial charge in [-0.25, -0.2) is 33.4 Å². The zero-order valence-electron chi connectivity index (χ0n) is 41.1. The van der Waals surface area contributed by atoms with Gasteiger partial charge in [0.1, 0.15) is 32.0 Å². The zero-order chi connectivity index (χ0) is 53.9. The average Bonchev–Trinajstić information content (AvgIpc) is 3.37. The summed E-state index contributed by atoms with van der Waals surface area (Å²) in [7, 11) is -12.6. The van der Waals surface area contributed by atoms with Crippen LogP contribution in [0.1, 0.15) is 19.3 Å².